The fraction of sp³-hybridized carbons (Fsp3) is 0.667. The molecule has 1 fully saturated rings. The number of nitrogens with zero attached hydrogens (tertiary/aromatic N) is 2. The SMILES string of the molecule is Nc1cc(CN2CCCC(N)C2)on1. The fourth-order valence-corrected chi connectivity index (χ4v) is 1.86. The van der Waals surface area contributed by atoms with Crippen LogP contribution in [-0.2, 0) is 6.54 Å². The van der Waals surface area contributed by atoms with E-state index in [0.29, 0.717) is 11.9 Å². The Hall–Kier alpha value is -1.07. The molecule has 5 nitrogen and oxygen atoms in total. The summed E-state index contributed by atoms with van der Waals surface area (Å²) in [5.41, 5.74) is 11.3. The zero-order chi connectivity index (χ0) is 9.97. The molecule has 2 heterocycles. The van der Waals surface area contributed by atoms with Crippen LogP contribution in [0.25, 0.3) is 0 Å². The van der Waals surface area contributed by atoms with E-state index in [2.05, 4.69) is 10.1 Å². The van der Waals surface area contributed by atoms with Crippen molar-refractivity contribution in [2.24, 2.45) is 5.73 Å². The number of rotatable bonds is 2. The van der Waals surface area contributed by atoms with E-state index in [1.807, 2.05) is 0 Å². The average Bonchev–Trinajstić information content (AvgIpc) is 2.51. The third-order valence-electron chi connectivity index (χ3n) is 2.50. The second-order valence-corrected chi connectivity index (χ2v) is 3.86. The number of anilines is 1. The van der Waals surface area contributed by atoms with Crippen LogP contribution in [0, 0.1) is 0 Å². The van der Waals surface area contributed by atoms with Gasteiger partial charge in [0.05, 0.1) is 6.54 Å². The standard InChI is InChI=1S/C9H16N4O/c10-7-2-1-3-13(5-7)6-8-4-9(11)12-14-8/h4,7H,1-3,5-6,10H2,(H2,11,12). The van der Waals surface area contributed by atoms with Gasteiger partial charge in [0.2, 0.25) is 0 Å². The predicted molar refractivity (Wildman–Crippen MR) is 53.4 cm³/mol. The molecule has 5 heteroatoms. The Labute approximate surface area is 83.0 Å². The van der Waals surface area contributed by atoms with Gasteiger partial charge in [0.1, 0.15) is 0 Å². The number of hydrogen-bond donors (Lipinski definition) is 2. The van der Waals surface area contributed by atoms with Gasteiger partial charge >= 0.3 is 0 Å². The van der Waals surface area contributed by atoms with E-state index in [1.54, 1.807) is 6.07 Å². The highest BCUT2D eigenvalue weighted by Gasteiger charge is 2.17. The van der Waals surface area contributed by atoms with Crippen molar-refractivity contribution in [1.29, 1.82) is 0 Å². The smallest absolute Gasteiger partial charge is 0.167 e. The maximum atomic E-state index is 5.87. The molecule has 0 amide bonds. The Balaban J connectivity index is 1.90. The Morgan fingerprint density at radius 1 is 1.64 bits per heavy atom. The summed E-state index contributed by atoms with van der Waals surface area (Å²) in [5, 5.41) is 3.65. The number of piperidine rings is 1. The second kappa shape index (κ2) is 3.98. The molecular formula is C9H16N4O. The zero-order valence-corrected chi connectivity index (χ0v) is 8.15. The van der Waals surface area contributed by atoms with Crippen LogP contribution < -0.4 is 11.5 Å². The highest BCUT2D eigenvalue weighted by molar-refractivity contribution is 5.26. The molecule has 0 aliphatic carbocycles. The van der Waals surface area contributed by atoms with Crippen LogP contribution in [-0.4, -0.2) is 29.2 Å². The Bertz CT molecular complexity index is 299. The molecule has 2 rings (SSSR count). The van der Waals surface area contributed by atoms with E-state index in [-0.39, 0.29) is 0 Å². The summed E-state index contributed by atoms with van der Waals surface area (Å²) >= 11 is 0. The molecule has 1 aromatic heterocycles. The molecule has 1 aliphatic rings. The van der Waals surface area contributed by atoms with Crippen molar-refractivity contribution in [2.75, 3.05) is 18.8 Å². The Morgan fingerprint density at radius 3 is 3.14 bits per heavy atom. The molecule has 1 aliphatic heterocycles. The van der Waals surface area contributed by atoms with Crippen LogP contribution in [0.2, 0.25) is 0 Å². The van der Waals surface area contributed by atoms with Gasteiger partial charge in [-0.3, -0.25) is 4.90 Å². The lowest BCUT2D eigenvalue weighted by Gasteiger charge is -2.29. The predicted octanol–water partition coefficient (Wildman–Crippen LogP) is 0.180. The summed E-state index contributed by atoms with van der Waals surface area (Å²) in [5.74, 6) is 1.26. The molecule has 1 unspecified atom stereocenters. The number of nitrogen functional groups attached to an aromatic ring is 1. The Kier molecular flexibility index (Phi) is 2.69. The first-order valence-electron chi connectivity index (χ1n) is 4.93. The largest absolute Gasteiger partial charge is 0.381 e. The minimum atomic E-state index is 0.295. The van der Waals surface area contributed by atoms with E-state index >= 15 is 0 Å². The lowest BCUT2D eigenvalue weighted by atomic mass is 10.1. The quantitative estimate of drug-likeness (QED) is 0.705. The molecule has 1 saturated heterocycles. The molecule has 0 bridgehead atoms. The monoisotopic (exact) mass is 196 g/mol. The number of likely N-dealkylation sites (tertiary alicyclic amines) is 1. The summed E-state index contributed by atoms with van der Waals surface area (Å²) in [4.78, 5) is 2.27. The first kappa shape index (κ1) is 9.48. The van der Waals surface area contributed by atoms with Gasteiger partial charge in [0.15, 0.2) is 11.6 Å². The molecule has 0 spiro atoms. The average molecular weight is 196 g/mol. The zero-order valence-electron chi connectivity index (χ0n) is 8.15. The van der Waals surface area contributed by atoms with Crippen LogP contribution >= 0.6 is 0 Å². The second-order valence-electron chi connectivity index (χ2n) is 3.86. The molecule has 78 valence electrons. The van der Waals surface area contributed by atoms with Gasteiger partial charge < -0.3 is 16.0 Å². The third-order valence-corrected chi connectivity index (χ3v) is 2.50. The summed E-state index contributed by atoms with van der Waals surface area (Å²) < 4.78 is 5.04. The number of nitrogens with two attached hydrogens (primary N) is 2. The molecule has 4 N–H and O–H groups in total. The van der Waals surface area contributed by atoms with Gasteiger partial charge in [-0.2, -0.15) is 0 Å². The van der Waals surface area contributed by atoms with Crippen LogP contribution in [0.3, 0.4) is 0 Å². The lowest BCUT2D eigenvalue weighted by Crippen LogP contribution is -2.42. The molecule has 0 aromatic carbocycles. The van der Waals surface area contributed by atoms with Crippen molar-refractivity contribution in [3.05, 3.63) is 11.8 Å². The molecule has 0 radical (unpaired) electrons. The van der Waals surface area contributed by atoms with Gasteiger partial charge in [-0.05, 0) is 19.4 Å². The third kappa shape index (κ3) is 2.24. The summed E-state index contributed by atoms with van der Waals surface area (Å²) in [7, 11) is 0. The van der Waals surface area contributed by atoms with Crippen molar-refractivity contribution in [1.82, 2.24) is 10.1 Å². The lowest BCUT2D eigenvalue weighted by molar-refractivity contribution is 0.181. The topological polar surface area (TPSA) is 81.3 Å². The van der Waals surface area contributed by atoms with Gasteiger partial charge in [-0.1, -0.05) is 5.16 Å². The van der Waals surface area contributed by atoms with E-state index in [1.165, 1.54) is 0 Å². The molecule has 14 heavy (non-hydrogen) atoms. The summed E-state index contributed by atoms with van der Waals surface area (Å²) in [6.07, 6.45) is 2.28. The normalized spacial score (nSPS) is 23.9. The molecule has 1 aromatic rings. The molecular weight excluding hydrogens is 180 g/mol. The summed E-state index contributed by atoms with van der Waals surface area (Å²) in [6.45, 7) is 2.77. The number of hydrogen-bond acceptors (Lipinski definition) is 5. The maximum absolute atomic E-state index is 5.87. The first-order chi connectivity index (χ1) is 6.74. The van der Waals surface area contributed by atoms with Crippen molar-refractivity contribution in [2.45, 2.75) is 25.4 Å². The van der Waals surface area contributed by atoms with Crippen molar-refractivity contribution in [3.63, 3.8) is 0 Å². The highest BCUT2D eigenvalue weighted by Crippen LogP contribution is 2.13. The van der Waals surface area contributed by atoms with Gasteiger partial charge in [0.25, 0.3) is 0 Å². The summed E-state index contributed by atoms with van der Waals surface area (Å²) in [6, 6.07) is 2.06. The minimum Gasteiger partial charge on any atom is -0.381 e. The Morgan fingerprint density at radius 2 is 2.50 bits per heavy atom. The van der Waals surface area contributed by atoms with E-state index < -0.39 is 0 Å². The molecule has 1 atom stereocenters. The van der Waals surface area contributed by atoms with E-state index in [0.717, 1.165) is 38.2 Å². The van der Waals surface area contributed by atoms with Gasteiger partial charge in [-0.25, -0.2) is 0 Å². The highest BCUT2D eigenvalue weighted by atomic mass is 16.5. The maximum Gasteiger partial charge on any atom is 0.167 e. The van der Waals surface area contributed by atoms with Crippen LogP contribution in [0.1, 0.15) is 18.6 Å². The minimum absolute atomic E-state index is 0.295. The van der Waals surface area contributed by atoms with Crippen LogP contribution in [0.4, 0.5) is 5.82 Å². The first-order valence-corrected chi connectivity index (χ1v) is 4.93. The van der Waals surface area contributed by atoms with Crippen LogP contribution in [0.15, 0.2) is 10.6 Å². The van der Waals surface area contributed by atoms with Crippen molar-refractivity contribution in [3.8, 4) is 0 Å². The van der Waals surface area contributed by atoms with E-state index in [9.17, 15) is 0 Å². The van der Waals surface area contributed by atoms with Crippen molar-refractivity contribution < 1.29 is 4.52 Å². The number of aromatic nitrogens is 1. The molecule has 0 saturated carbocycles. The van der Waals surface area contributed by atoms with E-state index in [4.69, 9.17) is 16.0 Å². The van der Waals surface area contributed by atoms with Crippen LogP contribution in [0.5, 0.6) is 0 Å². The van der Waals surface area contributed by atoms with Gasteiger partial charge in [0, 0.05) is 18.7 Å². The van der Waals surface area contributed by atoms with Gasteiger partial charge in [-0.15, -0.1) is 0 Å². The van der Waals surface area contributed by atoms with Crippen molar-refractivity contribution >= 4 is 5.82 Å². The fourth-order valence-electron chi connectivity index (χ4n) is 1.86.